The molecular weight excluding hydrogens is 460 g/mol. The summed E-state index contributed by atoms with van der Waals surface area (Å²) in [6, 6.07) is 17.0. The van der Waals surface area contributed by atoms with E-state index in [2.05, 4.69) is 21.2 Å². The van der Waals surface area contributed by atoms with Gasteiger partial charge in [-0.15, -0.1) is 11.3 Å². The van der Waals surface area contributed by atoms with Crippen LogP contribution in [-0.2, 0) is 14.8 Å². The molecule has 8 heteroatoms. The van der Waals surface area contributed by atoms with Gasteiger partial charge in [0.2, 0.25) is 5.91 Å². The molecule has 1 aromatic heterocycles. The second-order valence-electron chi connectivity index (χ2n) is 6.78. The SMILES string of the molecule is O=C(Nc1cccc2ccccc12)C1CCCN(S(=O)(=O)c2ccc(Br)s2)C1. The predicted molar refractivity (Wildman–Crippen MR) is 116 cm³/mol. The van der Waals surface area contributed by atoms with Gasteiger partial charge >= 0.3 is 0 Å². The Kier molecular flexibility index (Phi) is 5.55. The number of halogens is 1. The van der Waals surface area contributed by atoms with Crippen molar-refractivity contribution in [3.8, 4) is 0 Å². The number of hydrogen-bond donors (Lipinski definition) is 1. The number of thiophene rings is 1. The minimum atomic E-state index is -3.57. The molecular formula is C20H19BrN2O3S2. The van der Waals surface area contributed by atoms with Crippen molar-refractivity contribution >= 4 is 59.7 Å². The number of carbonyl (C=O) groups excluding carboxylic acids is 1. The topological polar surface area (TPSA) is 66.5 Å². The van der Waals surface area contributed by atoms with E-state index in [1.54, 1.807) is 12.1 Å². The van der Waals surface area contributed by atoms with Crippen molar-refractivity contribution in [1.82, 2.24) is 4.31 Å². The van der Waals surface area contributed by atoms with E-state index in [0.717, 1.165) is 20.2 Å². The van der Waals surface area contributed by atoms with Gasteiger partial charge in [-0.2, -0.15) is 4.31 Å². The standard InChI is InChI=1S/C20H19BrN2O3S2/c21-18-10-11-19(27-18)28(25,26)23-12-4-7-15(13-23)20(24)22-17-9-3-6-14-5-1-2-8-16(14)17/h1-3,5-6,8-11,15H,4,7,12-13H2,(H,22,24). The minimum absolute atomic E-state index is 0.136. The van der Waals surface area contributed by atoms with E-state index < -0.39 is 10.0 Å². The number of rotatable bonds is 4. The number of sulfonamides is 1. The molecule has 1 amide bonds. The van der Waals surface area contributed by atoms with Gasteiger partial charge in [-0.05, 0) is 52.4 Å². The van der Waals surface area contributed by atoms with Crippen LogP contribution < -0.4 is 5.32 Å². The number of benzene rings is 2. The van der Waals surface area contributed by atoms with Crippen molar-refractivity contribution in [3.05, 3.63) is 58.4 Å². The molecule has 1 unspecified atom stereocenters. The van der Waals surface area contributed by atoms with Crippen molar-refractivity contribution in [1.29, 1.82) is 0 Å². The van der Waals surface area contributed by atoms with Crippen molar-refractivity contribution in [2.75, 3.05) is 18.4 Å². The summed E-state index contributed by atoms with van der Waals surface area (Å²) in [5.74, 6) is -0.505. The van der Waals surface area contributed by atoms with Crippen molar-refractivity contribution in [3.63, 3.8) is 0 Å². The lowest BCUT2D eigenvalue weighted by atomic mass is 9.98. The van der Waals surface area contributed by atoms with Crippen LogP contribution in [0.5, 0.6) is 0 Å². The number of hydrogen-bond acceptors (Lipinski definition) is 4. The van der Waals surface area contributed by atoms with Gasteiger partial charge < -0.3 is 5.32 Å². The van der Waals surface area contributed by atoms with Crippen LogP contribution in [0, 0.1) is 5.92 Å². The summed E-state index contributed by atoms with van der Waals surface area (Å²) in [7, 11) is -3.57. The molecule has 0 saturated carbocycles. The number of carbonyl (C=O) groups is 1. The third kappa shape index (κ3) is 3.87. The average Bonchev–Trinajstić information content (AvgIpc) is 3.15. The zero-order chi connectivity index (χ0) is 19.7. The molecule has 1 saturated heterocycles. The second-order valence-corrected chi connectivity index (χ2v) is 11.4. The normalized spacial score (nSPS) is 18.2. The van der Waals surface area contributed by atoms with Crippen LogP contribution >= 0.6 is 27.3 Å². The monoisotopic (exact) mass is 478 g/mol. The summed E-state index contributed by atoms with van der Waals surface area (Å²) in [4.78, 5) is 12.9. The molecule has 0 spiro atoms. The maximum absolute atomic E-state index is 12.9. The fourth-order valence-electron chi connectivity index (χ4n) is 3.51. The number of anilines is 1. The fourth-order valence-corrected chi connectivity index (χ4v) is 7.20. The minimum Gasteiger partial charge on any atom is -0.325 e. The highest BCUT2D eigenvalue weighted by atomic mass is 79.9. The van der Waals surface area contributed by atoms with Crippen LogP contribution in [-0.4, -0.2) is 31.7 Å². The van der Waals surface area contributed by atoms with E-state index in [1.165, 1.54) is 15.6 Å². The van der Waals surface area contributed by atoms with E-state index in [9.17, 15) is 13.2 Å². The average molecular weight is 479 g/mol. The van der Waals surface area contributed by atoms with Gasteiger partial charge in [-0.1, -0.05) is 36.4 Å². The van der Waals surface area contributed by atoms with Crippen molar-refractivity contribution in [2.45, 2.75) is 17.1 Å². The zero-order valence-corrected chi connectivity index (χ0v) is 18.2. The van der Waals surface area contributed by atoms with Gasteiger partial charge in [0.05, 0.1) is 9.70 Å². The van der Waals surface area contributed by atoms with Crippen LogP contribution in [0.15, 0.2) is 62.6 Å². The summed E-state index contributed by atoms with van der Waals surface area (Å²) in [6.45, 7) is 0.643. The summed E-state index contributed by atoms with van der Waals surface area (Å²) < 4.78 is 28.3. The Bertz CT molecular complexity index is 1120. The zero-order valence-electron chi connectivity index (χ0n) is 15.0. The largest absolute Gasteiger partial charge is 0.325 e. The maximum atomic E-state index is 12.9. The van der Waals surface area contributed by atoms with Gasteiger partial charge in [0.1, 0.15) is 4.21 Å². The summed E-state index contributed by atoms with van der Waals surface area (Å²) in [6.07, 6.45) is 1.34. The van der Waals surface area contributed by atoms with E-state index in [1.807, 2.05) is 42.5 Å². The Morgan fingerprint density at radius 2 is 1.89 bits per heavy atom. The first-order valence-electron chi connectivity index (χ1n) is 8.99. The molecule has 1 N–H and O–H groups in total. The van der Waals surface area contributed by atoms with Crippen LogP contribution in [0.25, 0.3) is 10.8 Å². The molecule has 0 aliphatic carbocycles. The van der Waals surface area contributed by atoms with Crippen molar-refractivity contribution in [2.24, 2.45) is 5.92 Å². The van der Waals surface area contributed by atoms with E-state index in [4.69, 9.17) is 0 Å². The first kappa shape index (κ1) is 19.6. The highest BCUT2D eigenvalue weighted by molar-refractivity contribution is 9.11. The molecule has 4 rings (SSSR count). The highest BCUT2D eigenvalue weighted by Gasteiger charge is 2.34. The predicted octanol–water partition coefficient (Wildman–Crippen LogP) is 4.70. The Balaban J connectivity index is 1.52. The third-order valence-electron chi connectivity index (χ3n) is 4.95. The lowest BCUT2D eigenvalue weighted by Gasteiger charge is -2.30. The Morgan fingerprint density at radius 3 is 2.68 bits per heavy atom. The molecule has 5 nitrogen and oxygen atoms in total. The molecule has 0 radical (unpaired) electrons. The summed E-state index contributed by atoms with van der Waals surface area (Å²) >= 11 is 4.50. The quantitative estimate of drug-likeness (QED) is 0.590. The molecule has 1 aliphatic heterocycles. The van der Waals surface area contributed by atoms with Crippen LogP contribution in [0.2, 0.25) is 0 Å². The van der Waals surface area contributed by atoms with E-state index in [-0.39, 0.29) is 18.4 Å². The molecule has 28 heavy (non-hydrogen) atoms. The summed E-state index contributed by atoms with van der Waals surface area (Å²) in [5.41, 5.74) is 0.755. The molecule has 1 fully saturated rings. The molecule has 0 bridgehead atoms. The lowest BCUT2D eigenvalue weighted by molar-refractivity contribution is -0.120. The lowest BCUT2D eigenvalue weighted by Crippen LogP contribution is -2.43. The molecule has 2 heterocycles. The van der Waals surface area contributed by atoms with Gasteiger partial charge in [0.25, 0.3) is 10.0 Å². The Morgan fingerprint density at radius 1 is 1.11 bits per heavy atom. The molecule has 2 aromatic carbocycles. The Hall–Kier alpha value is -1.74. The molecule has 146 valence electrons. The maximum Gasteiger partial charge on any atom is 0.252 e. The van der Waals surface area contributed by atoms with Gasteiger partial charge in [-0.3, -0.25) is 4.79 Å². The molecule has 1 atom stereocenters. The number of nitrogens with zero attached hydrogens (tertiary/aromatic N) is 1. The summed E-state index contributed by atoms with van der Waals surface area (Å²) in [5, 5.41) is 5.03. The molecule has 1 aliphatic rings. The molecule has 3 aromatic rings. The second kappa shape index (κ2) is 7.94. The third-order valence-corrected chi connectivity index (χ3v) is 8.90. The van der Waals surface area contributed by atoms with Gasteiger partial charge in [0, 0.05) is 24.2 Å². The van der Waals surface area contributed by atoms with Crippen molar-refractivity contribution < 1.29 is 13.2 Å². The first-order valence-corrected chi connectivity index (χ1v) is 12.0. The van der Waals surface area contributed by atoms with Crippen LogP contribution in [0.4, 0.5) is 5.69 Å². The van der Waals surface area contributed by atoms with Gasteiger partial charge in [-0.25, -0.2) is 8.42 Å². The number of fused-ring (bicyclic) bond motifs is 1. The fraction of sp³-hybridized carbons (Fsp3) is 0.250. The van der Waals surface area contributed by atoms with Crippen LogP contribution in [0.1, 0.15) is 12.8 Å². The van der Waals surface area contributed by atoms with Crippen LogP contribution in [0.3, 0.4) is 0 Å². The van der Waals surface area contributed by atoms with E-state index >= 15 is 0 Å². The Labute approximate surface area is 176 Å². The van der Waals surface area contributed by atoms with E-state index in [0.29, 0.717) is 23.6 Å². The number of nitrogens with one attached hydrogen (secondary N) is 1. The number of amides is 1. The smallest absolute Gasteiger partial charge is 0.252 e. The van der Waals surface area contributed by atoms with Gasteiger partial charge in [0.15, 0.2) is 0 Å². The number of piperidine rings is 1. The highest BCUT2D eigenvalue weighted by Crippen LogP contribution is 2.31. The first-order chi connectivity index (χ1) is 13.4.